The SMILES string of the molecule is O=C(O)c1cccc(Nc2ccc(Cl)cc2[N+](=O)[O-])c1. The molecule has 0 aliphatic heterocycles. The summed E-state index contributed by atoms with van der Waals surface area (Å²) in [4.78, 5) is 21.3. The van der Waals surface area contributed by atoms with E-state index in [1.165, 1.54) is 30.3 Å². The van der Waals surface area contributed by atoms with Gasteiger partial charge in [0.2, 0.25) is 0 Å². The van der Waals surface area contributed by atoms with E-state index in [1.807, 2.05) is 0 Å². The molecule has 0 heterocycles. The quantitative estimate of drug-likeness (QED) is 0.662. The molecule has 0 unspecified atom stereocenters. The van der Waals surface area contributed by atoms with Crippen molar-refractivity contribution in [3.63, 3.8) is 0 Å². The van der Waals surface area contributed by atoms with Crippen LogP contribution in [0.25, 0.3) is 0 Å². The number of carbonyl (C=O) groups is 1. The number of nitrogens with zero attached hydrogens (tertiary/aromatic N) is 1. The molecule has 0 bridgehead atoms. The van der Waals surface area contributed by atoms with Crippen LogP contribution >= 0.6 is 11.6 Å². The zero-order chi connectivity index (χ0) is 14.7. The molecule has 2 rings (SSSR count). The molecule has 0 saturated heterocycles. The Morgan fingerprint density at radius 2 is 2.00 bits per heavy atom. The van der Waals surface area contributed by atoms with Gasteiger partial charge in [-0.2, -0.15) is 0 Å². The maximum Gasteiger partial charge on any atom is 0.335 e. The number of hydrogen-bond acceptors (Lipinski definition) is 4. The number of carboxylic acids is 1. The molecule has 0 saturated carbocycles. The van der Waals surface area contributed by atoms with Gasteiger partial charge in [-0.3, -0.25) is 10.1 Å². The number of carboxylic acid groups (broad SMARTS) is 1. The van der Waals surface area contributed by atoms with E-state index in [-0.39, 0.29) is 22.0 Å². The van der Waals surface area contributed by atoms with Crippen molar-refractivity contribution in [3.05, 3.63) is 63.2 Å². The third-order valence-electron chi connectivity index (χ3n) is 2.55. The third kappa shape index (κ3) is 3.04. The highest BCUT2D eigenvalue weighted by Crippen LogP contribution is 2.30. The van der Waals surface area contributed by atoms with Crippen LogP contribution in [0.5, 0.6) is 0 Å². The molecule has 0 atom stereocenters. The molecular formula is C13H9ClN2O4. The molecule has 0 amide bonds. The lowest BCUT2D eigenvalue weighted by atomic mass is 10.2. The van der Waals surface area contributed by atoms with Gasteiger partial charge in [0.1, 0.15) is 5.69 Å². The number of halogens is 1. The molecule has 0 aromatic heterocycles. The highest BCUT2D eigenvalue weighted by Gasteiger charge is 2.14. The highest BCUT2D eigenvalue weighted by molar-refractivity contribution is 6.30. The van der Waals surface area contributed by atoms with Gasteiger partial charge in [-0.05, 0) is 30.3 Å². The predicted molar refractivity (Wildman–Crippen MR) is 74.8 cm³/mol. The van der Waals surface area contributed by atoms with Crippen molar-refractivity contribution >= 4 is 34.6 Å². The number of aromatic carboxylic acids is 1. The van der Waals surface area contributed by atoms with Gasteiger partial charge in [0.15, 0.2) is 0 Å². The van der Waals surface area contributed by atoms with Crippen LogP contribution in [-0.4, -0.2) is 16.0 Å². The lowest BCUT2D eigenvalue weighted by Crippen LogP contribution is -2.00. The molecule has 7 heteroatoms. The van der Waals surface area contributed by atoms with Gasteiger partial charge >= 0.3 is 5.97 Å². The van der Waals surface area contributed by atoms with Crippen LogP contribution in [0.2, 0.25) is 5.02 Å². The zero-order valence-corrected chi connectivity index (χ0v) is 10.8. The molecule has 6 nitrogen and oxygen atoms in total. The smallest absolute Gasteiger partial charge is 0.335 e. The van der Waals surface area contributed by atoms with Crippen molar-refractivity contribution in [2.75, 3.05) is 5.32 Å². The van der Waals surface area contributed by atoms with E-state index < -0.39 is 10.9 Å². The van der Waals surface area contributed by atoms with Crippen LogP contribution < -0.4 is 5.32 Å². The minimum absolute atomic E-state index is 0.0895. The minimum atomic E-state index is -1.07. The van der Waals surface area contributed by atoms with Crippen LogP contribution in [0.1, 0.15) is 10.4 Å². The standard InChI is InChI=1S/C13H9ClN2O4/c14-9-4-5-11(12(7-9)16(19)20)15-10-3-1-2-8(6-10)13(17)18/h1-7,15H,(H,17,18). The lowest BCUT2D eigenvalue weighted by Gasteiger charge is -2.08. The summed E-state index contributed by atoms with van der Waals surface area (Å²) in [6.45, 7) is 0. The van der Waals surface area contributed by atoms with Crippen molar-refractivity contribution < 1.29 is 14.8 Å². The summed E-state index contributed by atoms with van der Waals surface area (Å²) in [6, 6.07) is 10.2. The zero-order valence-electron chi connectivity index (χ0n) is 10.0. The maximum atomic E-state index is 11.0. The number of rotatable bonds is 4. The first-order valence-corrected chi connectivity index (χ1v) is 5.89. The Hall–Kier alpha value is -2.60. The molecule has 0 aliphatic carbocycles. The molecule has 2 N–H and O–H groups in total. The Labute approximate surface area is 118 Å². The molecule has 2 aromatic rings. The normalized spacial score (nSPS) is 10.1. The van der Waals surface area contributed by atoms with E-state index in [2.05, 4.69) is 5.32 Å². The topological polar surface area (TPSA) is 92.5 Å². The van der Waals surface area contributed by atoms with Crippen molar-refractivity contribution in [2.45, 2.75) is 0 Å². The molecular weight excluding hydrogens is 284 g/mol. The van der Waals surface area contributed by atoms with Gasteiger partial charge in [-0.1, -0.05) is 17.7 Å². The summed E-state index contributed by atoms with van der Waals surface area (Å²) in [5.41, 5.74) is 0.585. The van der Waals surface area contributed by atoms with Crippen molar-refractivity contribution in [1.29, 1.82) is 0 Å². The van der Waals surface area contributed by atoms with E-state index in [4.69, 9.17) is 16.7 Å². The van der Waals surface area contributed by atoms with Crippen LogP contribution in [0.3, 0.4) is 0 Å². The van der Waals surface area contributed by atoms with Crippen molar-refractivity contribution in [3.8, 4) is 0 Å². The van der Waals surface area contributed by atoms with E-state index in [9.17, 15) is 14.9 Å². The second-order valence-corrected chi connectivity index (χ2v) is 4.37. The lowest BCUT2D eigenvalue weighted by molar-refractivity contribution is -0.383. The first-order chi connectivity index (χ1) is 9.47. The summed E-state index contributed by atoms with van der Waals surface area (Å²) in [5.74, 6) is -1.07. The van der Waals surface area contributed by atoms with Crippen LogP contribution in [0, 0.1) is 10.1 Å². The molecule has 2 aromatic carbocycles. The van der Waals surface area contributed by atoms with Gasteiger partial charge in [0.25, 0.3) is 5.69 Å². The fourth-order valence-corrected chi connectivity index (χ4v) is 1.81. The molecule has 0 fully saturated rings. The second kappa shape index (κ2) is 5.58. The fraction of sp³-hybridized carbons (Fsp3) is 0. The van der Waals surface area contributed by atoms with Gasteiger partial charge in [0, 0.05) is 16.8 Å². The first-order valence-electron chi connectivity index (χ1n) is 5.51. The van der Waals surface area contributed by atoms with Gasteiger partial charge in [-0.25, -0.2) is 4.79 Å². The highest BCUT2D eigenvalue weighted by atomic mass is 35.5. The van der Waals surface area contributed by atoms with Gasteiger partial charge in [-0.15, -0.1) is 0 Å². The Morgan fingerprint density at radius 1 is 1.25 bits per heavy atom. The second-order valence-electron chi connectivity index (χ2n) is 3.93. The maximum absolute atomic E-state index is 11.0. The van der Waals surface area contributed by atoms with Crippen LogP contribution in [0.15, 0.2) is 42.5 Å². The summed E-state index contributed by atoms with van der Waals surface area (Å²) in [7, 11) is 0. The Bertz CT molecular complexity index is 688. The van der Waals surface area contributed by atoms with Crippen LogP contribution in [0.4, 0.5) is 17.1 Å². The summed E-state index contributed by atoms with van der Waals surface area (Å²) in [6.07, 6.45) is 0. The summed E-state index contributed by atoms with van der Waals surface area (Å²) in [5, 5.41) is 22.9. The number of nitro benzene ring substituents is 1. The molecule has 0 aliphatic rings. The monoisotopic (exact) mass is 292 g/mol. The molecule has 0 spiro atoms. The van der Waals surface area contributed by atoms with Crippen molar-refractivity contribution in [1.82, 2.24) is 0 Å². The summed E-state index contributed by atoms with van der Waals surface area (Å²) < 4.78 is 0. The van der Waals surface area contributed by atoms with E-state index in [0.717, 1.165) is 0 Å². The number of anilines is 2. The molecule has 102 valence electrons. The third-order valence-corrected chi connectivity index (χ3v) is 2.78. The number of benzene rings is 2. The average Bonchev–Trinajstić information content (AvgIpc) is 2.41. The van der Waals surface area contributed by atoms with E-state index >= 15 is 0 Å². The number of nitrogens with one attached hydrogen (secondary N) is 1. The Balaban J connectivity index is 2.37. The number of nitro groups is 1. The van der Waals surface area contributed by atoms with Crippen molar-refractivity contribution in [2.24, 2.45) is 0 Å². The first kappa shape index (κ1) is 13.8. The largest absolute Gasteiger partial charge is 0.478 e. The van der Waals surface area contributed by atoms with Gasteiger partial charge in [0.05, 0.1) is 10.5 Å². The Kier molecular flexibility index (Phi) is 3.86. The number of hydrogen-bond donors (Lipinski definition) is 2. The van der Waals surface area contributed by atoms with E-state index in [1.54, 1.807) is 12.1 Å². The minimum Gasteiger partial charge on any atom is -0.478 e. The fourth-order valence-electron chi connectivity index (χ4n) is 1.65. The average molecular weight is 293 g/mol. The summed E-state index contributed by atoms with van der Waals surface area (Å²) >= 11 is 5.72. The van der Waals surface area contributed by atoms with E-state index in [0.29, 0.717) is 5.69 Å². The van der Waals surface area contributed by atoms with Crippen LogP contribution in [-0.2, 0) is 0 Å². The Morgan fingerprint density at radius 3 is 2.65 bits per heavy atom. The molecule has 20 heavy (non-hydrogen) atoms. The molecule has 0 radical (unpaired) electrons. The van der Waals surface area contributed by atoms with Gasteiger partial charge < -0.3 is 10.4 Å². The predicted octanol–water partition coefficient (Wildman–Crippen LogP) is 3.69.